The van der Waals surface area contributed by atoms with Gasteiger partial charge >= 0.3 is 63.8 Å². The Kier molecular flexibility index (Phi) is 70.4. The number of hydrogen-bond donors (Lipinski definition) is 0. The van der Waals surface area contributed by atoms with Gasteiger partial charge < -0.3 is 9.05 Å². The van der Waals surface area contributed by atoms with Crippen LogP contribution >= 0.6 is 15.6 Å². The zero-order valence-electron chi connectivity index (χ0n) is 14.0. The fourth-order valence-electron chi connectivity index (χ4n) is 0.853. The Morgan fingerprint density at radius 1 is 0.792 bits per heavy atom. The van der Waals surface area contributed by atoms with Crippen molar-refractivity contribution in [2.24, 2.45) is 0 Å². The van der Waals surface area contributed by atoms with E-state index in [-0.39, 0.29) is 34.5 Å². The van der Waals surface area contributed by atoms with Crippen LogP contribution in [0.3, 0.4) is 0 Å². The van der Waals surface area contributed by atoms with Gasteiger partial charge in [-0.1, -0.05) is 20.8 Å². The van der Waals surface area contributed by atoms with E-state index in [2.05, 4.69) is 33.3 Å². The SMILES string of the molecule is CCOP(=O)(OCC)PC(C)(C)C.[C-]#[O+].[C-]#[O+].[C-]#[O+].[C-]#[O+].[C-]#[O+].[Mo]. The summed E-state index contributed by atoms with van der Waals surface area (Å²) in [6.45, 7) is 33.2. The van der Waals surface area contributed by atoms with Crippen LogP contribution in [0.4, 0.5) is 0 Å². The second-order valence-corrected chi connectivity index (χ2v) is 9.24. The monoisotopic (exact) mass is 464 g/mol. The first kappa shape index (κ1) is 43.9. The van der Waals surface area contributed by atoms with Crippen LogP contribution in [0, 0.1) is 33.3 Å². The summed E-state index contributed by atoms with van der Waals surface area (Å²) in [5.41, 5.74) is 0. The largest absolute Gasteiger partial charge is 0 e. The maximum atomic E-state index is 12.0. The molecule has 8 nitrogen and oxygen atoms in total. The molecule has 1 unspecified atom stereocenters. The smallest absolute Gasteiger partial charge is 0 e. The molecule has 0 saturated carbocycles. The molecule has 0 bridgehead atoms. The summed E-state index contributed by atoms with van der Waals surface area (Å²) in [5, 5.41) is -0.000131. The molecule has 0 aromatic rings. The fraction of sp³-hybridized carbons (Fsp3) is 0.615. The van der Waals surface area contributed by atoms with Crippen molar-refractivity contribution in [1.29, 1.82) is 0 Å². The normalized spacial score (nSPS) is 8.12. The van der Waals surface area contributed by atoms with Crippen LogP contribution in [0.5, 0.6) is 0 Å². The van der Waals surface area contributed by atoms with E-state index in [0.717, 1.165) is 0 Å². The average molecular weight is 462 g/mol. The molecular weight excluding hydrogens is 442 g/mol. The van der Waals surface area contributed by atoms with Crippen LogP contribution in [-0.2, 0) is 57.9 Å². The molecule has 0 heterocycles. The van der Waals surface area contributed by atoms with Gasteiger partial charge in [-0.3, -0.25) is 4.57 Å². The van der Waals surface area contributed by atoms with Gasteiger partial charge in [0.1, 0.15) is 0 Å². The van der Waals surface area contributed by atoms with E-state index in [4.69, 9.17) is 32.3 Å². The van der Waals surface area contributed by atoms with Crippen LogP contribution in [0.15, 0.2) is 0 Å². The third-order valence-corrected chi connectivity index (χ3v) is 6.82. The number of rotatable bonds is 5. The van der Waals surface area contributed by atoms with Gasteiger partial charge in [0.15, 0.2) is 0 Å². The molecule has 11 heteroatoms. The van der Waals surface area contributed by atoms with Crippen LogP contribution in [-0.4, -0.2) is 18.4 Å². The summed E-state index contributed by atoms with van der Waals surface area (Å²) in [6.07, 6.45) is 0. The zero-order chi connectivity index (χ0) is 20.5. The molecule has 0 saturated heterocycles. The summed E-state index contributed by atoms with van der Waals surface area (Å²) in [7, 11) is -2.60. The van der Waals surface area contributed by atoms with Gasteiger partial charge in [0.05, 0.1) is 13.2 Å². The van der Waals surface area contributed by atoms with Gasteiger partial charge in [0.25, 0.3) is 0 Å². The van der Waals surface area contributed by atoms with Gasteiger partial charge in [-0.2, -0.15) is 0 Å². The Morgan fingerprint density at radius 2 is 1.00 bits per heavy atom. The Bertz CT molecular complexity index is 324. The molecular formula is C13H20MoO8P2. The zero-order valence-corrected chi connectivity index (χ0v) is 17.9. The van der Waals surface area contributed by atoms with Crippen molar-refractivity contribution in [3.8, 4) is 0 Å². The molecule has 0 spiro atoms. The van der Waals surface area contributed by atoms with E-state index in [1.807, 2.05) is 34.6 Å². The van der Waals surface area contributed by atoms with Gasteiger partial charge in [-0.15, -0.1) is 0 Å². The molecule has 0 aromatic carbocycles. The average Bonchev–Trinajstić information content (AvgIpc) is 2.55. The minimum absolute atomic E-state index is 0. The minimum atomic E-state index is -2.81. The van der Waals surface area contributed by atoms with Crippen LogP contribution in [0.25, 0.3) is 0 Å². The first-order valence-corrected chi connectivity index (χ1v) is 8.92. The van der Waals surface area contributed by atoms with Crippen molar-refractivity contribution in [2.45, 2.75) is 39.8 Å². The van der Waals surface area contributed by atoms with Gasteiger partial charge in [0, 0.05) is 29.3 Å². The van der Waals surface area contributed by atoms with Crippen molar-refractivity contribution >= 4 is 15.6 Å². The molecule has 0 aliphatic heterocycles. The Labute approximate surface area is 159 Å². The molecule has 0 fully saturated rings. The van der Waals surface area contributed by atoms with Crippen LogP contribution < -0.4 is 0 Å². The van der Waals surface area contributed by atoms with E-state index in [9.17, 15) is 4.57 Å². The standard InChI is InChI=1S/C8H20O3P2.5CO.Mo/c1-6-10-13(9,11-7-2)12-8(3,4)5;5*1-2;/h12H,6-7H2,1-5H3;;;;;;. The predicted octanol–water partition coefficient (Wildman–Crippen LogP) is 3.45. The Morgan fingerprint density at radius 3 is 1.12 bits per heavy atom. The topological polar surface area (TPSA) is 135 Å². The fourth-order valence-corrected chi connectivity index (χ4v) is 6.18. The third kappa shape index (κ3) is 49.5. The van der Waals surface area contributed by atoms with Crippen molar-refractivity contribution in [2.75, 3.05) is 13.2 Å². The first-order valence-electron chi connectivity index (χ1n) is 5.53. The van der Waals surface area contributed by atoms with E-state index in [0.29, 0.717) is 13.2 Å². The molecule has 0 amide bonds. The van der Waals surface area contributed by atoms with E-state index in [1.54, 1.807) is 0 Å². The maximum Gasteiger partial charge on any atom is 0 e. The van der Waals surface area contributed by atoms with Crippen molar-refractivity contribution in [3.63, 3.8) is 0 Å². The maximum absolute atomic E-state index is 12.0. The second-order valence-electron chi connectivity index (χ2n) is 3.69. The van der Waals surface area contributed by atoms with E-state index in [1.165, 1.54) is 0 Å². The Balaban J connectivity index is -0.0000000448. The summed E-state index contributed by atoms with van der Waals surface area (Å²) in [6, 6.07) is 0. The van der Waals surface area contributed by atoms with Crippen molar-refractivity contribution in [1.82, 2.24) is 0 Å². The molecule has 0 aliphatic rings. The second kappa shape index (κ2) is 38.5. The summed E-state index contributed by atoms with van der Waals surface area (Å²) >= 11 is 0. The predicted molar refractivity (Wildman–Crippen MR) is 78.6 cm³/mol. The molecule has 0 rings (SSSR count). The van der Waals surface area contributed by atoms with E-state index >= 15 is 0 Å². The van der Waals surface area contributed by atoms with Crippen molar-refractivity contribution in [3.05, 3.63) is 33.3 Å². The first-order chi connectivity index (χ1) is 10.8. The third-order valence-electron chi connectivity index (χ3n) is 1.07. The molecule has 1 atom stereocenters. The van der Waals surface area contributed by atoms with Crippen LogP contribution in [0.2, 0.25) is 0 Å². The molecule has 0 aliphatic carbocycles. The minimum Gasteiger partial charge on any atom is 0 e. The summed E-state index contributed by atoms with van der Waals surface area (Å²) in [5.74, 6) is 0. The van der Waals surface area contributed by atoms with Gasteiger partial charge in [0.2, 0.25) is 0 Å². The molecule has 136 valence electrons. The van der Waals surface area contributed by atoms with E-state index < -0.39 is 7.28 Å². The van der Waals surface area contributed by atoms with Crippen molar-refractivity contribution < 1.29 is 57.9 Å². The molecule has 0 N–H and O–H groups in total. The van der Waals surface area contributed by atoms with Gasteiger partial charge in [-0.05, 0) is 19.0 Å². The molecule has 0 aromatic heterocycles. The molecule has 24 heavy (non-hydrogen) atoms. The van der Waals surface area contributed by atoms with Gasteiger partial charge in [-0.25, -0.2) is 0 Å². The molecule has 0 radical (unpaired) electrons. The Hall–Kier alpha value is -0.0317. The quantitative estimate of drug-likeness (QED) is 0.268. The summed E-state index contributed by atoms with van der Waals surface area (Å²) < 4.78 is 59.9. The number of hydrogen-bond acceptors (Lipinski definition) is 3. The van der Waals surface area contributed by atoms with Crippen LogP contribution in [0.1, 0.15) is 34.6 Å². The summed E-state index contributed by atoms with van der Waals surface area (Å²) in [4.78, 5) is 0.